The highest BCUT2D eigenvalue weighted by molar-refractivity contribution is 7.47. The van der Waals surface area contributed by atoms with Crippen LogP contribution < -0.4 is 5.32 Å². The molecule has 1 amide bonds. The molecule has 3 unspecified atom stereocenters. The van der Waals surface area contributed by atoms with E-state index in [1.165, 1.54) is 218 Å². The van der Waals surface area contributed by atoms with Crippen molar-refractivity contribution < 1.29 is 32.9 Å². The molecule has 8 nitrogen and oxygen atoms in total. The quantitative estimate of drug-likeness (QED) is 0.0243. The maximum atomic E-state index is 13.1. The number of quaternary nitrogens is 1. The smallest absolute Gasteiger partial charge is 0.391 e. The number of amides is 1. The van der Waals surface area contributed by atoms with Crippen molar-refractivity contribution in [2.45, 2.75) is 353 Å². The Balaban J connectivity index is 4.04. The summed E-state index contributed by atoms with van der Waals surface area (Å²) < 4.78 is 23.9. The molecule has 3 atom stereocenters. The van der Waals surface area contributed by atoms with Gasteiger partial charge in [0, 0.05) is 6.42 Å². The lowest BCUT2D eigenvalue weighted by molar-refractivity contribution is -0.870. The van der Waals surface area contributed by atoms with E-state index in [0.717, 1.165) is 96.3 Å². The van der Waals surface area contributed by atoms with Crippen LogP contribution in [0, 0.1) is 0 Å². The van der Waals surface area contributed by atoms with Gasteiger partial charge < -0.3 is 19.8 Å². The summed E-state index contributed by atoms with van der Waals surface area (Å²) in [5.41, 5.74) is 0. The number of phosphoric ester groups is 1. The Bertz CT molecular complexity index is 1820. The number of hydrogen-bond acceptors (Lipinski definition) is 5. The van der Waals surface area contributed by atoms with E-state index in [1.54, 1.807) is 0 Å². The van der Waals surface area contributed by atoms with Crippen molar-refractivity contribution in [3.05, 3.63) is 109 Å². The van der Waals surface area contributed by atoms with E-state index >= 15 is 0 Å². The molecule has 0 aromatic rings. The molecule has 0 fully saturated rings. The third-order valence-electron chi connectivity index (χ3n) is 16.8. The van der Waals surface area contributed by atoms with E-state index < -0.39 is 20.0 Å². The van der Waals surface area contributed by atoms with Gasteiger partial charge >= 0.3 is 7.82 Å². The van der Waals surface area contributed by atoms with Gasteiger partial charge in [-0.25, -0.2) is 4.57 Å². The molecule has 516 valence electrons. The highest BCUT2D eigenvalue weighted by Crippen LogP contribution is 2.43. The van der Waals surface area contributed by atoms with Gasteiger partial charge in [-0.1, -0.05) is 361 Å². The molecule has 3 N–H and O–H groups in total. The Kier molecular flexibility index (Phi) is 67.3. The molecule has 0 aliphatic heterocycles. The number of nitrogens with zero attached hydrogens (tertiary/aromatic N) is 1. The Morgan fingerprint density at radius 3 is 0.989 bits per heavy atom. The molecular formula is C80H146N2O6P+. The number of carbonyl (C=O) groups excluding carboxylic acids is 1. The monoisotopic (exact) mass is 1260 g/mol. The normalized spacial score (nSPS) is 14.2. The first-order valence-corrected chi connectivity index (χ1v) is 39.2. The lowest BCUT2D eigenvalue weighted by Crippen LogP contribution is -2.46. The van der Waals surface area contributed by atoms with Gasteiger partial charge in [0.15, 0.2) is 0 Å². The van der Waals surface area contributed by atoms with Crippen molar-refractivity contribution in [3.8, 4) is 0 Å². The van der Waals surface area contributed by atoms with Crippen LogP contribution in [-0.2, 0) is 18.4 Å². The zero-order chi connectivity index (χ0) is 64.8. The Morgan fingerprint density at radius 2 is 0.674 bits per heavy atom. The van der Waals surface area contributed by atoms with Gasteiger partial charge in [-0.3, -0.25) is 13.8 Å². The molecule has 0 aliphatic rings. The molecule has 0 bridgehead atoms. The highest BCUT2D eigenvalue weighted by Gasteiger charge is 2.28. The van der Waals surface area contributed by atoms with E-state index in [4.69, 9.17) is 9.05 Å². The molecule has 0 aromatic carbocycles. The van der Waals surface area contributed by atoms with Gasteiger partial charge in [-0.2, -0.15) is 0 Å². The summed E-state index contributed by atoms with van der Waals surface area (Å²) in [5.74, 6) is -0.147. The Labute approximate surface area is 552 Å². The second-order valence-electron chi connectivity index (χ2n) is 26.7. The molecule has 0 aromatic heterocycles. The average Bonchev–Trinajstić information content (AvgIpc) is 3.55. The van der Waals surface area contributed by atoms with Crippen LogP contribution in [0.2, 0.25) is 0 Å². The molecule has 0 radical (unpaired) electrons. The summed E-state index contributed by atoms with van der Waals surface area (Å²) in [6.45, 7) is 4.81. The topological polar surface area (TPSA) is 105 Å². The van der Waals surface area contributed by atoms with Crippen molar-refractivity contribution in [2.24, 2.45) is 0 Å². The summed E-state index contributed by atoms with van der Waals surface area (Å²) in [4.78, 5) is 23.5. The number of phosphoric acid groups is 1. The number of rotatable bonds is 69. The van der Waals surface area contributed by atoms with Crippen LogP contribution >= 0.6 is 7.82 Å². The van der Waals surface area contributed by atoms with Crippen LogP contribution in [0.4, 0.5) is 0 Å². The first-order valence-electron chi connectivity index (χ1n) is 37.8. The minimum absolute atomic E-state index is 0.0707. The van der Waals surface area contributed by atoms with E-state index in [9.17, 15) is 19.4 Å². The van der Waals surface area contributed by atoms with Crippen LogP contribution in [0.1, 0.15) is 341 Å². The first-order chi connectivity index (χ1) is 43.5. The number of aliphatic hydroxyl groups is 1. The van der Waals surface area contributed by atoms with Crippen LogP contribution in [0.5, 0.6) is 0 Å². The van der Waals surface area contributed by atoms with Gasteiger partial charge in [0.1, 0.15) is 13.2 Å². The molecule has 0 aliphatic carbocycles. The Hall–Kier alpha value is -2.84. The summed E-state index contributed by atoms with van der Waals surface area (Å²) in [7, 11) is 1.61. The number of unbranched alkanes of at least 4 members (excludes halogenated alkanes) is 38. The van der Waals surface area contributed by atoms with Gasteiger partial charge in [0.05, 0.1) is 39.9 Å². The molecule has 9 heteroatoms. The van der Waals surface area contributed by atoms with E-state index in [-0.39, 0.29) is 19.1 Å². The number of nitrogens with one attached hydrogen (secondary N) is 1. The van der Waals surface area contributed by atoms with E-state index in [1.807, 2.05) is 21.1 Å². The van der Waals surface area contributed by atoms with Gasteiger partial charge in [-0.05, 0) is 83.5 Å². The summed E-state index contributed by atoms with van der Waals surface area (Å²) in [5, 5.41) is 14.2. The average molecular weight is 1260 g/mol. The van der Waals surface area contributed by atoms with Crippen LogP contribution in [0.3, 0.4) is 0 Å². The van der Waals surface area contributed by atoms with E-state index in [2.05, 4.69) is 129 Å². The maximum Gasteiger partial charge on any atom is 0.472 e. The van der Waals surface area contributed by atoms with E-state index in [0.29, 0.717) is 23.9 Å². The molecule has 0 rings (SSSR count). The second-order valence-corrected chi connectivity index (χ2v) is 28.1. The molecule has 0 saturated heterocycles. The number of likely N-dealkylation sites (N-methyl/N-ethyl adjacent to an activating group) is 1. The summed E-state index contributed by atoms with van der Waals surface area (Å²) >= 11 is 0. The van der Waals surface area contributed by atoms with Crippen molar-refractivity contribution >= 4 is 13.7 Å². The van der Waals surface area contributed by atoms with Crippen molar-refractivity contribution in [2.75, 3.05) is 40.9 Å². The fraction of sp³-hybridized carbons (Fsp3) is 0.762. The molecule has 0 saturated carbocycles. The fourth-order valence-electron chi connectivity index (χ4n) is 11.0. The van der Waals surface area contributed by atoms with Crippen LogP contribution in [-0.4, -0.2) is 73.4 Å². The van der Waals surface area contributed by atoms with Crippen molar-refractivity contribution in [3.63, 3.8) is 0 Å². The third-order valence-corrected chi connectivity index (χ3v) is 17.8. The number of allylic oxidation sites excluding steroid dienone is 18. The molecule has 0 heterocycles. The SMILES string of the molecule is CC/C=C\C/C=C\C/C=C\C/C=C\C/C=C\C/C=C\C/C=C\C/C=C\C/C=C\CCCCCCCCCCCCCC(=O)NC(COP(=O)(O)OCC[N+](C)(C)C)C(O)CCCCCCCCCCCCCCCCCCCCCCCCCCCCCC. The lowest BCUT2D eigenvalue weighted by atomic mass is 10.0. The second kappa shape index (κ2) is 69.5. The summed E-state index contributed by atoms with van der Waals surface area (Å²) in [6.07, 6.45) is 102. The molecule has 89 heavy (non-hydrogen) atoms. The van der Waals surface area contributed by atoms with Crippen molar-refractivity contribution in [1.29, 1.82) is 0 Å². The number of carbonyl (C=O) groups is 1. The number of hydrogen-bond donors (Lipinski definition) is 3. The standard InChI is InChI=1S/C80H145N2O6P/c1-6-8-10-12-14-16-18-20-22-24-26-28-30-32-34-36-37-38-39-40-41-42-43-44-45-46-48-50-52-54-56-58-60-62-64-66-68-70-72-74-80(84)81-78(77-88-89(85,86)87-76-75-82(3,4)5)79(83)73-71-69-67-65-63-61-59-57-55-53-51-49-47-35-33-31-29-27-25-23-21-19-17-15-13-11-9-7-2/h8,10,14,16,20,22,26,28,32,34,37-38,40-41,43-44,46,48,78-79,83H,6-7,9,11-13,15,17-19,21,23-25,27,29-31,33,35-36,39,42,45,47,49-77H2,1-5H3,(H-,81,84,85,86)/p+1/b10-8-,16-14-,22-20-,28-26-,34-32-,38-37-,41-40-,44-43-,48-46-. The van der Waals surface area contributed by atoms with Crippen LogP contribution in [0.15, 0.2) is 109 Å². The zero-order valence-corrected chi connectivity index (χ0v) is 60.0. The predicted molar refractivity (Wildman–Crippen MR) is 392 cm³/mol. The third kappa shape index (κ3) is 72.4. The van der Waals surface area contributed by atoms with Crippen LogP contribution in [0.25, 0.3) is 0 Å². The minimum atomic E-state index is -4.34. The lowest BCUT2D eigenvalue weighted by Gasteiger charge is -2.26. The molecule has 0 spiro atoms. The minimum Gasteiger partial charge on any atom is -0.391 e. The molecular weight excluding hydrogens is 1120 g/mol. The van der Waals surface area contributed by atoms with Gasteiger partial charge in [-0.15, -0.1) is 0 Å². The van der Waals surface area contributed by atoms with Crippen molar-refractivity contribution in [1.82, 2.24) is 5.32 Å². The fourth-order valence-corrected chi connectivity index (χ4v) is 11.7. The predicted octanol–water partition coefficient (Wildman–Crippen LogP) is 24.6. The highest BCUT2D eigenvalue weighted by atomic mass is 31.2. The zero-order valence-electron chi connectivity index (χ0n) is 59.2. The van der Waals surface area contributed by atoms with Gasteiger partial charge in [0.2, 0.25) is 5.91 Å². The summed E-state index contributed by atoms with van der Waals surface area (Å²) in [6, 6.07) is -0.771. The number of aliphatic hydroxyl groups excluding tert-OH is 1. The first kappa shape index (κ1) is 86.2. The van der Waals surface area contributed by atoms with Gasteiger partial charge in [0.25, 0.3) is 0 Å². The maximum absolute atomic E-state index is 13.1. The Morgan fingerprint density at radius 1 is 0.393 bits per heavy atom. The largest absolute Gasteiger partial charge is 0.472 e.